The zero-order chi connectivity index (χ0) is 24.3. The molecule has 5 heteroatoms. The lowest BCUT2D eigenvalue weighted by molar-refractivity contribution is -0.142. The van der Waals surface area contributed by atoms with Gasteiger partial charge in [-0.25, -0.2) is 0 Å². The van der Waals surface area contributed by atoms with Crippen LogP contribution in [0.1, 0.15) is 76.3 Å². The van der Waals surface area contributed by atoms with Crippen LogP contribution in [0.2, 0.25) is 0 Å². The molecular formula is C29H40N2O3. The van der Waals surface area contributed by atoms with Gasteiger partial charge in [-0.15, -0.1) is 0 Å². The largest absolute Gasteiger partial charge is 0.484 e. The van der Waals surface area contributed by atoms with E-state index < -0.39 is 6.04 Å². The quantitative estimate of drug-likeness (QED) is 0.479. The Morgan fingerprint density at radius 2 is 1.68 bits per heavy atom. The molecule has 1 fully saturated rings. The summed E-state index contributed by atoms with van der Waals surface area (Å²) < 4.78 is 5.84. The van der Waals surface area contributed by atoms with Crippen LogP contribution >= 0.6 is 0 Å². The Balaban J connectivity index is 1.68. The molecule has 1 aliphatic rings. The number of hydrogen-bond donors (Lipinski definition) is 1. The van der Waals surface area contributed by atoms with Gasteiger partial charge < -0.3 is 15.0 Å². The van der Waals surface area contributed by atoms with Crippen molar-refractivity contribution in [1.82, 2.24) is 10.2 Å². The molecule has 1 aliphatic carbocycles. The molecule has 0 heterocycles. The summed E-state index contributed by atoms with van der Waals surface area (Å²) in [5, 5.41) is 3.22. The van der Waals surface area contributed by atoms with Crippen molar-refractivity contribution in [1.29, 1.82) is 0 Å². The molecule has 5 nitrogen and oxygen atoms in total. The summed E-state index contributed by atoms with van der Waals surface area (Å²) in [6.45, 7) is 6.66. The van der Waals surface area contributed by atoms with Crippen LogP contribution in [0.15, 0.2) is 54.6 Å². The summed E-state index contributed by atoms with van der Waals surface area (Å²) in [5.74, 6) is 0.907. The first-order valence-corrected chi connectivity index (χ1v) is 12.8. The zero-order valence-corrected chi connectivity index (χ0v) is 21.0. The van der Waals surface area contributed by atoms with Gasteiger partial charge in [0.25, 0.3) is 5.91 Å². The highest BCUT2D eigenvalue weighted by Crippen LogP contribution is 2.20. The Kier molecular flexibility index (Phi) is 9.99. The van der Waals surface area contributed by atoms with Gasteiger partial charge in [-0.05, 0) is 54.9 Å². The fourth-order valence-corrected chi connectivity index (χ4v) is 4.62. The summed E-state index contributed by atoms with van der Waals surface area (Å²) in [4.78, 5) is 28.3. The first-order chi connectivity index (χ1) is 16.5. The van der Waals surface area contributed by atoms with Gasteiger partial charge in [-0.1, -0.05) is 82.5 Å². The highest BCUT2D eigenvalue weighted by molar-refractivity contribution is 5.88. The molecule has 0 aliphatic heterocycles. The number of rotatable bonds is 11. The zero-order valence-electron chi connectivity index (χ0n) is 21.0. The van der Waals surface area contributed by atoms with Gasteiger partial charge in [0.05, 0.1) is 0 Å². The smallest absolute Gasteiger partial charge is 0.261 e. The van der Waals surface area contributed by atoms with Crippen molar-refractivity contribution in [2.24, 2.45) is 0 Å². The van der Waals surface area contributed by atoms with E-state index >= 15 is 0 Å². The highest BCUT2D eigenvalue weighted by Gasteiger charge is 2.30. The molecule has 34 heavy (non-hydrogen) atoms. The van der Waals surface area contributed by atoms with E-state index in [1.807, 2.05) is 49.4 Å². The summed E-state index contributed by atoms with van der Waals surface area (Å²) in [7, 11) is 0. The van der Waals surface area contributed by atoms with E-state index in [1.165, 1.54) is 12.0 Å². The predicted octanol–water partition coefficient (Wildman–Crippen LogP) is 5.49. The second-order valence-electron chi connectivity index (χ2n) is 9.60. The van der Waals surface area contributed by atoms with Crippen LogP contribution in [-0.4, -0.2) is 41.9 Å². The lowest BCUT2D eigenvalue weighted by Gasteiger charge is -2.32. The van der Waals surface area contributed by atoms with Gasteiger partial charge >= 0.3 is 0 Å². The van der Waals surface area contributed by atoms with Crippen LogP contribution in [0.25, 0.3) is 0 Å². The Labute approximate surface area is 204 Å². The van der Waals surface area contributed by atoms with E-state index in [0.29, 0.717) is 31.1 Å². The molecule has 0 spiro atoms. The summed E-state index contributed by atoms with van der Waals surface area (Å²) in [6, 6.07) is 17.7. The monoisotopic (exact) mass is 464 g/mol. The topological polar surface area (TPSA) is 58.6 Å². The van der Waals surface area contributed by atoms with Crippen molar-refractivity contribution in [2.45, 2.75) is 83.7 Å². The number of carbonyl (C=O) groups excluding carboxylic acids is 2. The Morgan fingerprint density at radius 1 is 1.00 bits per heavy atom. The molecule has 0 unspecified atom stereocenters. The van der Waals surface area contributed by atoms with Crippen molar-refractivity contribution >= 4 is 11.8 Å². The van der Waals surface area contributed by atoms with Gasteiger partial charge in [-0.3, -0.25) is 9.59 Å². The molecule has 0 aromatic heterocycles. The van der Waals surface area contributed by atoms with Crippen LogP contribution in [0.5, 0.6) is 5.75 Å². The molecule has 1 saturated carbocycles. The summed E-state index contributed by atoms with van der Waals surface area (Å²) >= 11 is 0. The minimum absolute atomic E-state index is 0.0444. The highest BCUT2D eigenvalue weighted by atomic mass is 16.5. The van der Waals surface area contributed by atoms with Crippen molar-refractivity contribution < 1.29 is 14.3 Å². The molecule has 1 atom stereocenters. The van der Waals surface area contributed by atoms with Crippen LogP contribution in [0.4, 0.5) is 0 Å². The number of benzene rings is 2. The maximum absolute atomic E-state index is 13.3. The number of nitrogens with one attached hydrogen (secondary N) is 1. The average Bonchev–Trinajstić information content (AvgIpc) is 2.86. The lowest BCUT2D eigenvalue weighted by atomic mass is 9.95. The van der Waals surface area contributed by atoms with E-state index in [1.54, 1.807) is 4.90 Å². The fourth-order valence-electron chi connectivity index (χ4n) is 4.62. The molecule has 184 valence electrons. The van der Waals surface area contributed by atoms with Gasteiger partial charge in [0, 0.05) is 12.6 Å². The minimum Gasteiger partial charge on any atom is -0.484 e. The van der Waals surface area contributed by atoms with Crippen molar-refractivity contribution in [3.8, 4) is 5.75 Å². The molecule has 3 rings (SSSR count). The van der Waals surface area contributed by atoms with Gasteiger partial charge in [0.1, 0.15) is 11.8 Å². The minimum atomic E-state index is -0.495. The van der Waals surface area contributed by atoms with Crippen LogP contribution in [0.3, 0.4) is 0 Å². The van der Waals surface area contributed by atoms with E-state index in [9.17, 15) is 9.59 Å². The Bertz CT molecular complexity index is 889. The standard InChI is InChI=1S/C29H40N2O3/c1-4-27(29(33)30-25-13-9-6-10-14-25)31(20-19-23-11-7-5-8-12-23)28(32)21-34-26-17-15-24(16-18-26)22(2)3/h5,7-8,11-12,15-18,22,25,27H,4,6,9-10,13-14,19-21H2,1-3H3,(H,30,33)/t27-/m1/s1. The number of amides is 2. The normalized spacial score (nSPS) is 15.1. The number of ether oxygens (including phenoxy) is 1. The summed E-state index contributed by atoms with van der Waals surface area (Å²) in [5.41, 5.74) is 2.38. The Hall–Kier alpha value is -2.82. The molecule has 2 amide bonds. The number of carbonyl (C=O) groups is 2. The van der Waals surface area contributed by atoms with Crippen LogP contribution in [-0.2, 0) is 16.0 Å². The van der Waals surface area contributed by atoms with E-state index in [-0.39, 0.29) is 24.5 Å². The first kappa shape index (κ1) is 25.8. The predicted molar refractivity (Wildman–Crippen MR) is 137 cm³/mol. The molecule has 0 radical (unpaired) electrons. The van der Waals surface area contributed by atoms with E-state index in [4.69, 9.17) is 4.74 Å². The second kappa shape index (κ2) is 13.2. The van der Waals surface area contributed by atoms with Gasteiger partial charge in [0.15, 0.2) is 6.61 Å². The van der Waals surface area contributed by atoms with Crippen LogP contribution < -0.4 is 10.1 Å². The fraction of sp³-hybridized carbons (Fsp3) is 0.517. The third-order valence-electron chi connectivity index (χ3n) is 6.73. The van der Waals surface area contributed by atoms with Crippen LogP contribution in [0, 0.1) is 0 Å². The third-order valence-corrected chi connectivity index (χ3v) is 6.73. The third kappa shape index (κ3) is 7.61. The van der Waals surface area contributed by atoms with Crippen molar-refractivity contribution in [3.63, 3.8) is 0 Å². The SMILES string of the molecule is CC[C@H](C(=O)NC1CCCCC1)N(CCc1ccccc1)C(=O)COc1ccc(C(C)C)cc1. The van der Waals surface area contributed by atoms with E-state index in [0.717, 1.165) is 31.2 Å². The van der Waals surface area contributed by atoms with Gasteiger partial charge in [0.2, 0.25) is 5.91 Å². The Morgan fingerprint density at radius 3 is 2.29 bits per heavy atom. The molecule has 2 aromatic rings. The second-order valence-corrected chi connectivity index (χ2v) is 9.60. The lowest BCUT2D eigenvalue weighted by Crippen LogP contribution is -2.53. The number of nitrogens with zero attached hydrogens (tertiary/aromatic N) is 1. The average molecular weight is 465 g/mol. The van der Waals surface area contributed by atoms with E-state index in [2.05, 4.69) is 31.3 Å². The summed E-state index contributed by atoms with van der Waals surface area (Å²) in [6.07, 6.45) is 6.86. The van der Waals surface area contributed by atoms with Crippen molar-refractivity contribution in [3.05, 3.63) is 65.7 Å². The molecule has 0 saturated heterocycles. The molecule has 1 N–H and O–H groups in total. The molecule has 2 aromatic carbocycles. The van der Waals surface area contributed by atoms with Crippen molar-refractivity contribution in [2.75, 3.05) is 13.2 Å². The van der Waals surface area contributed by atoms with Gasteiger partial charge in [-0.2, -0.15) is 0 Å². The first-order valence-electron chi connectivity index (χ1n) is 12.8. The molecular weight excluding hydrogens is 424 g/mol. The molecule has 0 bridgehead atoms. The maximum atomic E-state index is 13.3. The number of hydrogen-bond acceptors (Lipinski definition) is 3. The maximum Gasteiger partial charge on any atom is 0.261 e.